The van der Waals surface area contributed by atoms with Crippen molar-refractivity contribution >= 4 is 33.1 Å². The third-order valence-corrected chi connectivity index (χ3v) is 3.72. The number of halogens is 2. The van der Waals surface area contributed by atoms with E-state index in [0.717, 1.165) is 16.8 Å². The summed E-state index contributed by atoms with van der Waals surface area (Å²) in [5, 5.41) is 3.14. The molecule has 5 heteroatoms. The van der Waals surface area contributed by atoms with Gasteiger partial charge in [0.25, 0.3) is 0 Å². The summed E-state index contributed by atoms with van der Waals surface area (Å²) in [4.78, 5) is 5.23. The van der Waals surface area contributed by atoms with Crippen LogP contribution >= 0.6 is 27.3 Å². The molecule has 2 nitrogen and oxygen atoms in total. The van der Waals surface area contributed by atoms with Gasteiger partial charge in [0.05, 0.1) is 9.98 Å². The molecule has 0 amide bonds. The van der Waals surface area contributed by atoms with E-state index in [9.17, 15) is 4.39 Å². The van der Waals surface area contributed by atoms with Crippen molar-refractivity contribution in [2.75, 3.05) is 11.9 Å². The first kappa shape index (κ1) is 11.5. The summed E-state index contributed by atoms with van der Waals surface area (Å²) in [5.41, 5.74) is 0. The highest BCUT2D eigenvalue weighted by Gasteiger charge is 1.98. The van der Waals surface area contributed by atoms with E-state index in [4.69, 9.17) is 0 Å². The highest BCUT2D eigenvalue weighted by molar-refractivity contribution is 9.11. The van der Waals surface area contributed by atoms with Crippen LogP contribution in [0.5, 0.6) is 0 Å². The molecule has 84 valence electrons. The maximum absolute atomic E-state index is 12.6. The molecule has 0 aliphatic rings. The van der Waals surface area contributed by atoms with E-state index in [0.29, 0.717) is 5.82 Å². The second-order valence-corrected chi connectivity index (χ2v) is 5.79. The maximum Gasteiger partial charge on any atom is 0.141 e. The molecule has 2 aromatic heterocycles. The number of aromatic nitrogens is 1. The molecule has 0 spiro atoms. The molecule has 0 fully saturated rings. The second-order valence-electron chi connectivity index (χ2n) is 3.24. The van der Waals surface area contributed by atoms with Crippen LogP contribution < -0.4 is 5.32 Å². The van der Waals surface area contributed by atoms with Crippen LogP contribution in [0.25, 0.3) is 0 Å². The van der Waals surface area contributed by atoms with Gasteiger partial charge >= 0.3 is 0 Å². The van der Waals surface area contributed by atoms with Crippen LogP contribution in [0.3, 0.4) is 0 Å². The zero-order valence-electron chi connectivity index (χ0n) is 8.41. The van der Waals surface area contributed by atoms with Crippen molar-refractivity contribution in [2.45, 2.75) is 6.42 Å². The summed E-state index contributed by atoms with van der Waals surface area (Å²) < 4.78 is 13.7. The standard InChI is InChI=1S/C11H10BrFN2S/c12-10-3-2-9(16-10)5-6-14-11-4-1-8(13)7-15-11/h1-4,7H,5-6H2,(H,14,15). The zero-order valence-corrected chi connectivity index (χ0v) is 10.8. The van der Waals surface area contributed by atoms with Crippen molar-refractivity contribution in [1.29, 1.82) is 0 Å². The molecule has 0 aliphatic heterocycles. The Morgan fingerprint density at radius 2 is 2.19 bits per heavy atom. The smallest absolute Gasteiger partial charge is 0.141 e. The summed E-state index contributed by atoms with van der Waals surface area (Å²) in [7, 11) is 0. The molecule has 0 unspecified atom stereocenters. The minimum absolute atomic E-state index is 0.312. The van der Waals surface area contributed by atoms with Crippen molar-refractivity contribution in [3.05, 3.63) is 44.9 Å². The molecule has 2 heterocycles. The van der Waals surface area contributed by atoms with E-state index >= 15 is 0 Å². The molecule has 2 aromatic rings. The highest BCUT2D eigenvalue weighted by Crippen LogP contribution is 2.22. The molecular formula is C11H10BrFN2S. The molecule has 0 aliphatic carbocycles. The summed E-state index contributed by atoms with van der Waals surface area (Å²) in [6, 6.07) is 7.17. The number of pyridine rings is 1. The average Bonchev–Trinajstić information content (AvgIpc) is 2.67. The van der Waals surface area contributed by atoms with Gasteiger partial charge in [0.15, 0.2) is 0 Å². The van der Waals surface area contributed by atoms with Gasteiger partial charge in [-0.25, -0.2) is 9.37 Å². The fraction of sp³-hybridized carbons (Fsp3) is 0.182. The van der Waals surface area contributed by atoms with E-state index in [-0.39, 0.29) is 5.82 Å². The van der Waals surface area contributed by atoms with Crippen molar-refractivity contribution in [1.82, 2.24) is 4.98 Å². The Morgan fingerprint density at radius 1 is 1.31 bits per heavy atom. The summed E-state index contributed by atoms with van der Waals surface area (Å²) >= 11 is 5.14. The lowest BCUT2D eigenvalue weighted by Gasteiger charge is -2.03. The molecule has 0 atom stereocenters. The van der Waals surface area contributed by atoms with Crippen LogP contribution in [-0.2, 0) is 6.42 Å². The number of nitrogens with one attached hydrogen (secondary N) is 1. The molecule has 0 bridgehead atoms. The van der Waals surface area contributed by atoms with Crippen LogP contribution in [0, 0.1) is 5.82 Å². The van der Waals surface area contributed by atoms with E-state index in [2.05, 4.69) is 32.3 Å². The number of hydrogen-bond donors (Lipinski definition) is 1. The zero-order chi connectivity index (χ0) is 11.4. The average molecular weight is 301 g/mol. The summed E-state index contributed by atoms with van der Waals surface area (Å²) in [6.07, 6.45) is 2.15. The fourth-order valence-electron chi connectivity index (χ4n) is 1.28. The van der Waals surface area contributed by atoms with Gasteiger partial charge < -0.3 is 5.32 Å². The van der Waals surface area contributed by atoms with Gasteiger partial charge in [-0.2, -0.15) is 0 Å². The van der Waals surface area contributed by atoms with Crippen LogP contribution in [0.1, 0.15) is 4.88 Å². The van der Waals surface area contributed by atoms with E-state index in [1.54, 1.807) is 17.4 Å². The second kappa shape index (κ2) is 5.41. The van der Waals surface area contributed by atoms with Gasteiger partial charge in [0.1, 0.15) is 11.6 Å². The normalized spacial score (nSPS) is 10.4. The van der Waals surface area contributed by atoms with Crippen molar-refractivity contribution in [3.63, 3.8) is 0 Å². The van der Waals surface area contributed by atoms with Crippen LogP contribution in [0.2, 0.25) is 0 Å². The predicted molar refractivity (Wildman–Crippen MR) is 68.4 cm³/mol. The molecular weight excluding hydrogens is 291 g/mol. The maximum atomic E-state index is 12.6. The highest BCUT2D eigenvalue weighted by atomic mass is 79.9. The molecule has 0 radical (unpaired) electrons. The Hall–Kier alpha value is -0.940. The lowest BCUT2D eigenvalue weighted by atomic mass is 10.3. The first-order valence-corrected chi connectivity index (χ1v) is 6.44. The molecule has 0 saturated carbocycles. The molecule has 0 saturated heterocycles. The van der Waals surface area contributed by atoms with Gasteiger partial charge in [0.2, 0.25) is 0 Å². The van der Waals surface area contributed by atoms with Crippen LogP contribution in [0.4, 0.5) is 10.2 Å². The summed E-state index contributed by atoms with van der Waals surface area (Å²) in [5.74, 6) is 0.393. The number of hydrogen-bond acceptors (Lipinski definition) is 3. The monoisotopic (exact) mass is 300 g/mol. The molecule has 1 N–H and O–H groups in total. The fourth-order valence-corrected chi connectivity index (χ4v) is 2.76. The quantitative estimate of drug-likeness (QED) is 0.931. The Labute approximate surface area is 106 Å². The van der Waals surface area contributed by atoms with Gasteiger partial charge in [-0.1, -0.05) is 0 Å². The van der Waals surface area contributed by atoms with Crippen molar-refractivity contribution < 1.29 is 4.39 Å². The lowest BCUT2D eigenvalue weighted by Crippen LogP contribution is -2.05. The SMILES string of the molecule is Fc1ccc(NCCc2ccc(Br)s2)nc1. The van der Waals surface area contributed by atoms with Crippen LogP contribution in [0.15, 0.2) is 34.2 Å². The van der Waals surface area contributed by atoms with Crippen molar-refractivity contribution in [2.24, 2.45) is 0 Å². The van der Waals surface area contributed by atoms with Crippen LogP contribution in [-0.4, -0.2) is 11.5 Å². The summed E-state index contributed by atoms with van der Waals surface area (Å²) in [6.45, 7) is 0.797. The number of thiophene rings is 1. The number of rotatable bonds is 4. The van der Waals surface area contributed by atoms with Gasteiger partial charge in [0, 0.05) is 11.4 Å². The Morgan fingerprint density at radius 3 is 2.81 bits per heavy atom. The Kier molecular flexibility index (Phi) is 3.90. The topological polar surface area (TPSA) is 24.9 Å². The largest absolute Gasteiger partial charge is 0.370 e. The third-order valence-electron chi connectivity index (χ3n) is 2.03. The third kappa shape index (κ3) is 3.28. The van der Waals surface area contributed by atoms with Gasteiger partial charge in [-0.05, 0) is 46.6 Å². The van der Waals surface area contributed by atoms with Gasteiger partial charge in [-0.15, -0.1) is 11.3 Å². The molecule has 0 aromatic carbocycles. The first-order valence-electron chi connectivity index (χ1n) is 4.84. The number of nitrogens with zero attached hydrogens (tertiary/aromatic N) is 1. The predicted octanol–water partition coefficient (Wildman–Crippen LogP) is 3.70. The van der Waals surface area contributed by atoms with Gasteiger partial charge in [-0.3, -0.25) is 0 Å². The Balaban J connectivity index is 1.82. The lowest BCUT2D eigenvalue weighted by molar-refractivity contribution is 0.621. The van der Waals surface area contributed by atoms with E-state index in [1.165, 1.54) is 17.1 Å². The first-order chi connectivity index (χ1) is 7.74. The van der Waals surface area contributed by atoms with E-state index in [1.807, 2.05) is 6.07 Å². The minimum atomic E-state index is -0.312. The Bertz CT molecular complexity index is 455. The number of anilines is 1. The van der Waals surface area contributed by atoms with E-state index < -0.39 is 0 Å². The minimum Gasteiger partial charge on any atom is -0.370 e. The molecule has 16 heavy (non-hydrogen) atoms. The van der Waals surface area contributed by atoms with Crippen molar-refractivity contribution in [3.8, 4) is 0 Å². The molecule has 2 rings (SSSR count).